The van der Waals surface area contributed by atoms with Gasteiger partial charge in [-0.05, 0) is 24.1 Å². The highest BCUT2D eigenvalue weighted by molar-refractivity contribution is 7.89. The van der Waals surface area contributed by atoms with Crippen LogP contribution in [-0.4, -0.2) is 31.9 Å². The molecule has 1 aliphatic heterocycles. The molecule has 0 aliphatic carbocycles. The summed E-state index contributed by atoms with van der Waals surface area (Å²) in [5.41, 5.74) is 5.80. The Balaban J connectivity index is 2.40. The molecule has 1 aliphatic rings. The third-order valence-corrected chi connectivity index (χ3v) is 5.46. The van der Waals surface area contributed by atoms with Gasteiger partial charge < -0.3 is 5.73 Å². The van der Waals surface area contributed by atoms with Crippen LogP contribution in [0.2, 0.25) is 5.02 Å². The number of rotatable bonds is 2. The van der Waals surface area contributed by atoms with Crippen molar-refractivity contribution in [2.45, 2.75) is 17.9 Å². The predicted octanol–water partition coefficient (Wildman–Crippen LogP) is 1.45. The molecule has 7 heteroatoms. The van der Waals surface area contributed by atoms with E-state index in [0.717, 1.165) is 12.1 Å². The first kappa shape index (κ1) is 13.7. The average molecular weight is 293 g/mol. The van der Waals surface area contributed by atoms with Crippen LogP contribution in [-0.2, 0) is 10.0 Å². The van der Waals surface area contributed by atoms with Gasteiger partial charge in [-0.1, -0.05) is 18.5 Å². The molecule has 1 fully saturated rings. The minimum atomic E-state index is -3.78. The minimum Gasteiger partial charge on any atom is -0.326 e. The van der Waals surface area contributed by atoms with Gasteiger partial charge in [-0.3, -0.25) is 0 Å². The molecule has 0 radical (unpaired) electrons. The van der Waals surface area contributed by atoms with Crippen LogP contribution in [0.15, 0.2) is 23.1 Å². The van der Waals surface area contributed by atoms with Crippen molar-refractivity contribution in [3.63, 3.8) is 0 Å². The molecule has 4 nitrogen and oxygen atoms in total. The Bertz CT molecular complexity index is 554. The molecule has 0 saturated carbocycles. The van der Waals surface area contributed by atoms with E-state index < -0.39 is 15.8 Å². The zero-order valence-electron chi connectivity index (χ0n) is 9.81. The zero-order valence-corrected chi connectivity index (χ0v) is 11.4. The molecular weight excluding hydrogens is 279 g/mol. The summed E-state index contributed by atoms with van der Waals surface area (Å²) < 4.78 is 39.0. The van der Waals surface area contributed by atoms with E-state index >= 15 is 0 Å². The SMILES string of the molecule is CC1CN(S(=O)(=O)c2cc(F)ccc2Cl)CC1N. The summed E-state index contributed by atoms with van der Waals surface area (Å²) in [7, 11) is -3.78. The molecule has 0 amide bonds. The maximum absolute atomic E-state index is 13.2. The third-order valence-electron chi connectivity index (χ3n) is 3.15. The Morgan fingerprint density at radius 3 is 2.67 bits per heavy atom. The smallest absolute Gasteiger partial charge is 0.244 e. The second-order valence-electron chi connectivity index (χ2n) is 4.54. The molecule has 1 aromatic carbocycles. The lowest BCUT2D eigenvalue weighted by Crippen LogP contribution is -2.32. The van der Waals surface area contributed by atoms with Crippen molar-refractivity contribution in [3.8, 4) is 0 Å². The van der Waals surface area contributed by atoms with Crippen LogP contribution in [0.25, 0.3) is 0 Å². The van der Waals surface area contributed by atoms with Gasteiger partial charge in [-0.25, -0.2) is 12.8 Å². The summed E-state index contributed by atoms with van der Waals surface area (Å²) in [6.45, 7) is 2.44. The Morgan fingerprint density at radius 1 is 1.44 bits per heavy atom. The number of halogens is 2. The molecule has 0 aromatic heterocycles. The maximum atomic E-state index is 13.2. The quantitative estimate of drug-likeness (QED) is 0.897. The van der Waals surface area contributed by atoms with Crippen molar-refractivity contribution < 1.29 is 12.8 Å². The largest absolute Gasteiger partial charge is 0.326 e. The van der Waals surface area contributed by atoms with Crippen molar-refractivity contribution in [2.24, 2.45) is 11.7 Å². The van der Waals surface area contributed by atoms with Crippen LogP contribution in [0, 0.1) is 11.7 Å². The molecule has 0 spiro atoms. The molecule has 18 heavy (non-hydrogen) atoms. The maximum Gasteiger partial charge on any atom is 0.244 e. The molecule has 1 heterocycles. The van der Waals surface area contributed by atoms with E-state index in [1.165, 1.54) is 10.4 Å². The molecule has 2 unspecified atom stereocenters. The predicted molar refractivity (Wildman–Crippen MR) is 67.3 cm³/mol. The van der Waals surface area contributed by atoms with Crippen LogP contribution >= 0.6 is 11.6 Å². The van der Waals surface area contributed by atoms with Crippen molar-refractivity contribution in [1.82, 2.24) is 4.31 Å². The number of hydrogen-bond donors (Lipinski definition) is 1. The van der Waals surface area contributed by atoms with Crippen LogP contribution in [0.5, 0.6) is 0 Å². The molecule has 0 bridgehead atoms. The van der Waals surface area contributed by atoms with Crippen molar-refractivity contribution in [2.75, 3.05) is 13.1 Å². The Kier molecular flexibility index (Phi) is 3.64. The molecule has 100 valence electrons. The fraction of sp³-hybridized carbons (Fsp3) is 0.455. The highest BCUT2D eigenvalue weighted by Gasteiger charge is 2.36. The first-order valence-electron chi connectivity index (χ1n) is 5.53. The number of hydrogen-bond acceptors (Lipinski definition) is 3. The highest BCUT2D eigenvalue weighted by Crippen LogP contribution is 2.28. The van der Waals surface area contributed by atoms with E-state index in [1.807, 2.05) is 6.92 Å². The second kappa shape index (κ2) is 4.77. The van der Waals surface area contributed by atoms with Crippen LogP contribution in [0.4, 0.5) is 4.39 Å². The van der Waals surface area contributed by atoms with Crippen molar-refractivity contribution in [3.05, 3.63) is 29.0 Å². The molecule has 2 atom stereocenters. The van der Waals surface area contributed by atoms with Crippen LogP contribution < -0.4 is 5.73 Å². The monoisotopic (exact) mass is 292 g/mol. The van der Waals surface area contributed by atoms with Gasteiger partial charge in [0.25, 0.3) is 0 Å². The van der Waals surface area contributed by atoms with Gasteiger partial charge in [0.2, 0.25) is 10.0 Å². The number of nitrogens with two attached hydrogens (primary N) is 1. The summed E-state index contributed by atoms with van der Waals surface area (Å²) in [4.78, 5) is -0.203. The normalized spacial score (nSPS) is 25.6. The summed E-state index contributed by atoms with van der Waals surface area (Å²) in [6, 6.07) is 3.10. The van der Waals surface area contributed by atoms with Crippen LogP contribution in [0.3, 0.4) is 0 Å². The Labute approximate surface area is 111 Å². The van der Waals surface area contributed by atoms with E-state index in [1.54, 1.807) is 0 Å². The molecule has 1 saturated heterocycles. The Morgan fingerprint density at radius 2 is 2.11 bits per heavy atom. The lowest BCUT2D eigenvalue weighted by atomic mass is 10.1. The number of benzene rings is 1. The van der Waals surface area contributed by atoms with Gasteiger partial charge in [-0.2, -0.15) is 4.31 Å². The first-order chi connectivity index (χ1) is 8.32. The van der Waals surface area contributed by atoms with E-state index in [9.17, 15) is 12.8 Å². The van der Waals surface area contributed by atoms with Gasteiger partial charge in [0, 0.05) is 19.1 Å². The summed E-state index contributed by atoms with van der Waals surface area (Å²) >= 11 is 5.83. The molecule has 2 rings (SSSR count). The summed E-state index contributed by atoms with van der Waals surface area (Å²) in [5.74, 6) is -0.554. The summed E-state index contributed by atoms with van der Waals surface area (Å²) in [5, 5.41) is 0.0181. The number of nitrogens with zero attached hydrogens (tertiary/aromatic N) is 1. The standard InChI is InChI=1S/C11H14ClFN2O2S/c1-7-5-15(6-10(7)14)18(16,17)11-4-8(13)2-3-9(11)12/h2-4,7,10H,5-6,14H2,1H3. The van der Waals surface area contributed by atoms with E-state index in [2.05, 4.69) is 0 Å². The van der Waals surface area contributed by atoms with E-state index in [4.69, 9.17) is 17.3 Å². The lowest BCUT2D eigenvalue weighted by Gasteiger charge is -2.16. The molecule has 1 aromatic rings. The molecular formula is C11H14ClFN2O2S. The first-order valence-corrected chi connectivity index (χ1v) is 7.35. The van der Waals surface area contributed by atoms with Crippen LogP contribution in [0.1, 0.15) is 6.92 Å². The topological polar surface area (TPSA) is 63.4 Å². The lowest BCUT2D eigenvalue weighted by molar-refractivity contribution is 0.463. The Hall–Kier alpha value is -0.690. The highest BCUT2D eigenvalue weighted by atomic mass is 35.5. The van der Waals surface area contributed by atoms with Gasteiger partial charge in [0.1, 0.15) is 10.7 Å². The average Bonchev–Trinajstić information content (AvgIpc) is 2.63. The van der Waals surface area contributed by atoms with E-state index in [-0.39, 0.29) is 28.4 Å². The molecule has 2 N–H and O–H groups in total. The fourth-order valence-electron chi connectivity index (χ4n) is 1.96. The van der Waals surface area contributed by atoms with Crippen molar-refractivity contribution >= 4 is 21.6 Å². The fourth-order valence-corrected chi connectivity index (χ4v) is 4.02. The third kappa shape index (κ3) is 2.38. The van der Waals surface area contributed by atoms with Gasteiger partial charge >= 0.3 is 0 Å². The zero-order chi connectivity index (χ0) is 13.5. The van der Waals surface area contributed by atoms with E-state index in [0.29, 0.717) is 6.54 Å². The second-order valence-corrected chi connectivity index (χ2v) is 6.85. The summed E-state index contributed by atoms with van der Waals surface area (Å²) in [6.07, 6.45) is 0. The van der Waals surface area contributed by atoms with Gasteiger partial charge in [0.05, 0.1) is 5.02 Å². The van der Waals surface area contributed by atoms with Gasteiger partial charge in [-0.15, -0.1) is 0 Å². The minimum absolute atomic E-state index is 0.0181. The van der Waals surface area contributed by atoms with Crippen molar-refractivity contribution in [1.29, 1.82) is 0 Å². The van der Waals surface area contributed by atoms with Gasteiger partial charge in [0.15, 0.2) is 0 Å². The number of sulfonamides is 1.